The molecule has 44 heavy (non-hydrogen) atoms. The Kier molecular flexibility index (Phi) is 7.12. The number of anilines is 1. The summed E-state index contributed by atoms with van der Waals surface area (Å²) in [5, 5.41) is 16.2. The Morgan fingerprint density at radius 1 is 1.18 bits per heavy atom. The van der Waals surface area contributed by atoms with Gasteiger partial charge in [-0.25, -0.2) is 4.39 Å². The average molecular weight is 621 g/mol. The van der Waals surface area contributed by atoms with Gasteiger partial charge in [0.1, 0.15) is 17.0 Å². The molecule has 9 rings (SSSR count). The number of aromatic nitrogens is 5. The molecule has 7 heterocycles. The van der Waals surface area contributed by atoms with Crippen molar-refractivity contribution in [1.29, 1.82) is 0 Å². The number of benzene rings is 1. The van der Waals surface area contributed by atoms with Gasteiger partial charge in [0.2, 0.25) is 0 Å². The van der Waals surface area contributed by atoms with Crippen LogP contribution >= 0.6 is 11.6 Å². The second-order valence-corrected chi connectivity index (χ2v) is 13.8. The molecule has 6 bridgehead atoms. The van der Waals surface area contributed by atoms with Crippen LogP contribution in [0.1, 0.15) is 44.6 Å². The fourth-order valence-electron chi connectivity index (χ4n) is 7.75. The lowest BCUT2D eigenvalue weighted by molar-refractivity contribution is 0.0934. The quantitative estimate of drug-likeness (QED) is 0.296. The normalized spacial score (nSPS) is 27.3. The molecule has 4 aromatic rings. The van der Waals surface area contributed by atoms with Crippen LogP contribution in [-0.2, 0) is 11.2 Å². The molecule has 3 N–H and O–H groups in total. The monoisotopic (exact) mass is 620 g/mol. The van der Waals surface area contributed by atoms with Gasteiger partial charge < -0.3 is 19.7 Å². The summed E-state index contributed by atoms with van der Waals surface area (Å²) < 4.78 is 29.5. The number of hydrogen-bond donors (Lipinski definition) is 3. The predicted molar refractivity (Wildman–Crippen MR) is 168 cm³/mol. The zero-order chi connectivity index (χ0) is 29.9. The molecule has 3 fully saturated rings. The first-order chi connectivity index (χ1) is 21.4. The summed E-state index contributed by atoms with van der Waals surface area (Å²) in [6.07, 6.45) is 9.10. The number of rotatable bonds is 3. The minimum absolute atomic E-state index is 0.0857. The van der Waals surface area contributed by atoms with Gasteiger partial charge >= 0.3 is 6.01 Å². The lowest BCUT2D eigenvalue weighted by Gasteiger charge is -2.34. The van der Waals surface area contributed by atoms with Crippen LogP contribution in [0.15, 0.2) is 18.5 Å². The van der Waals surface area contributed by atoms with Crippen molar-refractivity contribution in [2.75, 3.05) is 57.6 Å². The Labute approximate surface area is 260 Å². The molecule has 3 unspecified atom stereocenters. The highest BCUT2D eigenvalue weighted by Gasteiger charge is 2.64. The fourth-order valence-corrected chi connectivity index (χ4v) is 8.05. The van der Waals surface area contributed by atoms with Gasteiger partial charge in [-0.05, 0) is 62.1 Å². The Morgan fingerprint density at radius 2 is 2.11 bits per heavy atom. The molecular formula is C32H38ClFN8O2. The summed E-state index contributed by atoms with van der Waals surface area (Å²) >= 11 is 6.83. The summed E-state index contributed by atoms with van der Waals surface area (Å²) in [6, 6.07) is 2.06. The molecule has 12 heteroatoms. The zero-order valence-corrected chi connectivity index (χ0v) is 25.8. The van der Waals surface area contributed by atoms with E-state index in [1.807, 2.05) is 6.07 Å². The molecule has 0 amide bonds. The second-order valence-electron chi connectivity index (χ2n) is 13.4. The van der Waals surface area contributed by atoms with E-state index >= 15 is 4.39 Å². The van der Waals surface area contributed by atoms with Crippen LogP contribution in [0.4, 0.5) is 10.2 Å². The van der Waals surface area contributed by atoms with E-state index < -0.39 is 5.82 Å². The average Bonchev–Trinajstić information content (AvgIpc) is 3.38. The van der Waals surface area contributed by atoms with Crippen LogP contribution in [0.5, 0.6) is 6.01 Å². The molecular weight excluding hydrogens is 583 g/mol. The number of pyridine rings is 1. The standard InChI is InChI=1S/C32H38ClFN8O2/c1-31-15-32(31,6-4-7-35-16-31)17-44-30-39-27-22-11-37-28(26(27)34)25-20(23(33)9-24-21(25)12-38-41-24)5-2-3-8-43-14-19-10-36-18-42(13-19)29(22)40-30/h9,11-12,19,35-36H,2-8,10,13-18H2,1H3,(H,38,41). The first-order valence-electron chi connectivity index (χ1n) is 15.8. The van der Waals surface area contributed by atoms with Crippen LogP contribution in [0.25, 0.3) is 33.1 Å². The Morgan fingerprint density at radius 3 is 3.05 bits per heavy atom. The first-order valence-corrected chi connectivity index (χ1v) is 16.2. The number of halogens is 2. The third-order valence-electron chi connectivity index (χ3n) is 10.4. The van der Waals surface area contributed by atoms with Gasteiger partial charge in [0.25, 0.3) is 0 Å². The van der Waals surface area contributed by atoms with E-state index in [9.17, 15) is 0 Å². The summed E-state index contributed by atoms with van der Waals surface area (Å²) in [5.41, 5.74) is 2.91. The van der Waals surface area contributed by atoms with E-state index in [1.165, 1.54) is 0 Å². The van der Waals surface area contributed by atoms with Crippen LogP contribution in [0.2, 0.25) is 5.02 Å². The summed E-state index contributed by atoms with van der Waals surface area (Å²) in [5.74, 6) is 0.370. The van der Waals surface area contributed by atoms with E-state index in [2.05, 4.69) is 32.7 Å². The van der Waals surface area contributed by atoms with Crippen molar-refractivity contribution >= 4 is 39.2 Å². The van der Waals surface area contributed by atoms with Gasteiger partial charge in [0, 0.05) is 59.7 Å². The maximum absolute atomic E-state index is 17.0. The molecule has 1 saturated carbocycles. The molecule has 1 aromatic carbocycles. The number of ether oxygens (including phenoxy) is 2. The van der Waals surface area contributed by atoms with E-state index in [1.54, 1.807) is 12.4 Å². The number of fused-ring (bicyclic) bond motifs is 8. The van der Waals surface area contributed by atoms with Crippen LogP contribution in [0, 0.1) is 22.6 Å². The van der Waals surface area contributed by atoms with Crippen LogP contribution in [-0.4, -0.2) is 77.8 Å². The third kappa shape index (κ3) is 4.79. The van der Waals surface area contributed by atoms with E-state index in [-0.39, 0.29) is 34.0 Å². The number of aromatic amines is 1. The zero-order valence-electron chi connectivity index (χ0n) is 25.0. The lowest BCUT2D eigenvalue weighted by Crippen LogP contribution is -2.49. The lowest BCUT2D eigenvalue weighted by atomic mass is 9.91. The van der Waals surface area contributed by atoms with Gasteiger partial charge in [-0.15, -0.1) is 0 Å². The molecule has 3 aromatic heterocycles. The largest absolute Gasteiger partial charge is 0.463 e. The molecule has 3 atom stereocenters. The molecule has 1 aliphatic carbocycles. The number of hydrogen-bond acceptors (Lipinski definition) is 9. The van der Waals surface area contributed by atoms with Crippen molar-refractivity contribution in [3.05, 3.63) is 34.9 Å². The number of H-pyrrole nitrogens is 1. The summed E-state index contributed by atoms with van der Waals surface area (Å²) in [7, 11) is 0. The first kappa shape index (κ1) is 28.4. The molecule has 10 nitrogen and oxygen atoms in total. The number of nitrogens with one attached hydrogen (secondary N) is 3. The van der Waals surface area contributed by atoms with Crippen molar-refractivity contribution in [3.8, 4) is 17.3 Å². The van der Waals surface area contributed by atoms with Gasteiger partial charge in [0.05, 0.1) is 37.0 Å². The Balaban J connectivity index is 1.28. The minimum atomic E-state index is -0.507. The smallest absolute Gasteiger partial charge is 0.319 e. The summed E-state index contributed by atoms with van der Waals surface area (Å²) in [6.45, 7) is 8.29. The van der Waals surface area contributed by atoms with Crippen LogP contribution in [0.3, 0.4) is 0 Å². The fraction of sp³-hybridized carbons (Fsp3) is 0.562. The van der Waals surface area contributed by atoms with Crippen LogP contribution < -0.4 is 20.3 Å². The third-order valence-corrected chi connectivity index (χ3v) is 10.7. The van der Waals surface area contributed by atoms with E-state index in [0.29, 0.717) is 54.7 Å². The maximum atomic E-state index is 17.0. The summed E-state index contributed by atoms with van der Waals surface area (Å²) in [4.78, 5) is 16.5. The van der Waals surface area contributed by atoms with Crippen molar-refractivity contribution in [3.63, 3.8) is 0 Å². The Hall–Kier alpha value is -3.12. The minimum Gasteiger partial charge on any atom is -0.463 e. The van der Waals surface area contributed by atoms with Gasteiger partial charge in [-0.2, -0.15) is 15.1 Å². The van der Waals surface area contributed by atoms with E-state index in [0.717, 1.165) is 74.7 Å². The molecule has 0 radical (unpaired) electrons. The van der Waals surface area contributed by atoms with Crippen molar-refractivity contribution < 1.29 is 13.9 Å². The molecule has 232 valence electrons. The molecule has 4 aliphatic heterocycles. The second kappa shape index (κ2) is 11.0. The van der Waals surface area contributed by atoms with Crippen molar-refractivity contribution in [2.24, 2.45) is 16.7 Å². The Bertz CT molecular complexity index is 1730. The van der Waals surface area contributed by atoms with E-state index in [4.69, 9.17) is 36.0 Å². The number of nitrogens with zero attached hydrogens (tertiary/aromatic N) is 5. The van der Waals surface area contributed by atoms with Gasteiger partial charge in [0.15, 0.2) is 5.82 Å². The SMILES string of the molecule is CC12CNCCCC1(COc1nc3c4cnc(c(F)c4n1)-c1c(c(Cl)cc4[nH]ncc14)CCCCOCC1CNCN3C1)C2. The molecule has 5 aliphatic rings. The maximum Gasteiger partial charge on any atom is 0.319 e. The van der Waals surface area contributed by atoms with Crippen molar-refractivity contribution in [1.82, 2.24) is 35.8 Å². The molecule has 2 saturated heterocycles. The van der Waals surface area contributed by atoms with Gasteiger partial charge in [-0.3, -0.25) is 15.4 Å². The molecule has 0 spiro atoms. The highest BCUT2D eigenvalue weighted by molar-refractivity contribution is 6.33. The van der Waals surface area contributed by atoms with Crippen molar-refractivity contribution in [2.45, 2.75) is 45.4 Å². The highest BCUT2D eigenvalue weighted by Crippen LogP contribution is 2.66. The predicted octanol–water partition coefficient (Wildman–Crippen LogP) is 4.86. The van der Waals surface area contributed by atoms with Gasteiger partial charge in [-0.1, -0.05) is 18.5 Å². The highest BCUT2D eigenvalue weighted by atomic mass is 35.5. The topological polar surface area (TPSA) is 113 Å².